The van der Waals surface area contributed by atoms with Crippen LogP contribution in [0.1, 0.15) is 24.2 Å². The molecule has 18 heavy (non-hydrogen) atoms. The fraction of sp³-hybridized carbons (Fsp3) is 0.462. The zero-order chi connectivity index (χ0) is 13.5. The number of halogens is 1. The summed E-state index contributed by atoms with van der Waals surface area (Å²) in [6, 6.07) is 4.39. The maximum absolute atomic E-state index is 11.7. The van der Waals surface area contributed by atoms with E-state index < -0.39 is 0 Å². The maximum Gasteiger partial charge on any atom is 0.255 e. The number of hydrogen-bond acceptors (Lipinski definition) is 3. The van der Waals surface area contributed by atoms with Gasteiger partial charge in [-0.2, -0.15) is 0 Å². The second kappa shape index (κ2) is 7.24. The lowest BCUT2D eigenvalue weighted by Crippen LogP contribution is -2.27. The van der Waals surface area contributed by atoms with Gasteiger partial charge < -0.3 is 15.2 Å². The van der Waals surface area contributed by atoms with E-state index in [1.165, 1.54) is 12.1 Å². The van der Waals surface area contributed by atoms with Crippen LogP contribution in [0.25, 0.3) is 0 Å². The third-order valence-electron chi connectivity index (χ3n) is 2.19. The third kappa shape index (κ3) is 4.94. The predicted octanol–water partition coefficient (Wildman–Crippen LogP) is 2.45. The molecule has 0 radical (unpaired) electrons. The normalized spacial score (nSPS) is 10.7. The lowest BCUT2D eigenvalue weighted by molar-refractivity contribution is 0.0884. The Morgan fingerprint density at radius 1 is 1.50 bits per heavy atom. The van der Waals surface area contributed by atoms with E-state index in [4.69, 9.17) is 16.3 Å². The molecule has 2 N–H and O–H groups in total. The molecule has 0 atom stereocenters. The van der Waals surface area contributed by atoms with E-state index in [1.54, 1.807) is 6.07 Å². The van der Waals surface area contributed by atoms with Crippen molar-refractivity contribution in [2.45, 2.75) is 13.8 Å². The number of phenolic OH excluding ortho intramolecular Hbond substituents is 1. The Kier molecular flexibility index (Phi) is 5.95. The van der Waals surface area contributed by atoms with E-state index in [2.05, 4.69) is 19.2 Å². The summed E-state index contributed by atoms with van der Waals surface area (Å²) in [5.74, 6) is 0.0152. The molecule has 0 aliphatic heterocycles. The summed E-state index contributed by atoms with van der Waals surface area (Å²) in [7, 11) is 0. The topological polar surface area (TPSA) is 58.6 Å². The highest BCUT2D eigenvalue weighted by molar-refractivity contribution is 6.30. The molecule has 0 fully saturated rings. The number of aromatic hydroxyl groups is 1. The average Bonchev–Trinajstić information content (AvgIpc) is 2.27. The number of hydrogen-bond donors (Lipinski definition) is 2. The van der Waals surface area contributed by atoms with Crippen molar-refractivity contribution < 1.29 is 14.6 Å². The highest BCUT2D eigenvalue weighted by Gasteiger charge is 2.10. The van der Waals surface area contributed by atoms with Gasteiger partial charge in [-0.3, -0.25) is 4.79 Å². The lowest BCUT2D eigenvalue weighted by Gasteiger charge is -2.09. The first kappa shape index (κ1) is 14.8. The van der Waals surface area contributed by atoms with Gasteiger partial charge in [0.05, 0.1) is 12.2 Å². The summed E-state index contributed by atoms with van der Waals surface area (Å²) >= 11 is 5.69. The van der Waals surface area contributed by atoms with Gasteiger partial charge in [0.25, 0.3) is 5.91 Å². The molecule has 0 saturated carbocycles. The average molecular weight is 272 g/mol. The highest BCUT2D eigenvalue weighted by atomic mass is 35.5. The third-order valence-corrected chi connectivity index (χ3v) is 2.42. The number of phenols is 1. The Hall–Kier alpha value is -1.26. The highest BCUT2D eigenvalue weighted by Crippen LogP contribution is 2.21. The number of benzene rings is 1. The smallest absolute Gasteiger partial charge is 0.255 e. The molecule has 0 spiro atoms. The van der Waals surface area contributed by atoms with E-state index in [0.717, 1.165) is 0 Å². The van der Waals surface area contributed by atoms with Crippen LogP contribution in [0.3, 0.4) is 0 Å². The minimum Gasteiger partial charge on any atom is -0.507 e. The molecule has 5 heteroatoms. The number of amides is 1. The molecule has 0 aromatic heterocycles. The van der Waals surface area contributed by atoms with Gasteiger partial charge in [0.1, 0.15) is 5.75 Å². The largest absolute Gasteiger partial charge is 0.507 e. The first-order valence-corrected chi connectivity index (χ1v) is 6.23. The van der Waals surface area contributed by atoms with Gasteiger partial charge in [-0.05, 0) is 24.1 Å². The van der Waals surface area contributed by atoms with Crippen LogP contribution in [0.15, 0.2) is 18.2 Å². The van der Waals surface area contributed by atoms with Crippen LogP contribution in [-0.4, -0.2) is 30.8 Å². The van der Waals surface area contributed by atoms with Crippen LogP contribution in [-0.2, 0) is 4.74 Å². The summed E-state index contributed by atoms with van der Waals surface area (Å²) < 4.78 is 5.33. The Balaban J connectivity index is 2.36. The van der Waals surface area contributed by atoms with Gasteiger partial charge in [-0.25, -0.2) is 0 Å². The van der Waals surface area contributed by atoms with Crippen LogP contribution in [0.4, 0.5) is 0 Å². The first-order chi connectivity index (χ1) is 8.50. The van der Waals surface area contributed by atoms with Gasteiger partial charge >= 0.3 is 0 Å². The Morgan fingerprint density at radius 2 is 2.22 bits per heavy atom. The van der Waals surface area contributed by atoms with Gasteiger partial charge in [0.2, 0.25) is 0 Å². The van der Waals surface area contributed by atoms with Gasteiger partial charge in [0.15, 0.2) is 0 Å². The first-order valence-electron chi connectivity index (χ1n) is 5.85. The molecule has 1 aromatic rings. The van der Waals surface area contributed by atoms with Crippen molar-refractivity contribution in [3.8, 4) is 5.75 Å². The number of nitrogens with one attached hydrogen (secondary N) is 1. The number of ether oxygens (including phenoxy) is 1. The molecule has 0 bridgehead atoms. The SMILES string of the molecule is CC(C)COCCNC(=O)c1ccc(Cl)cc1O. The second-order valence-electron chi connectivity index (χ2n) is 4.39. The Bertz CT molecular complexity index is 407. The van der Waals surface area contributed by atoms with Crippen molar-refractivity contribution >= 4 is 17.5 Å². The fourth-order valence-electron chi connectivity index (χ4n) is 1.35. The molecule has 1 amide bonds. The van der Waals surface area contributed by atoms with E-state index in [-0.39, 0.29) is 17.2 Å². The van der Waals surface area contributed by atoms with Gasteiger partial charge in [0, 0.05) is 18.2 Å². The minimum absolute atomic E-state index is 0.122. The summed E-state index contributed by atoms with van der Waals surface area (Å²) in [5.41, 5.74) is 0.211. The second-order valence-corrected chi connectivity index (χ2v) is 4.82. The Morgan fingerprint density at radius 3 is 2.83 bits per heavy atom. The van der Waals surface area contributed by atoms with Crippen molar-refractivity contribution in [1.29, 1.82) is 0 Å². The zero-order valence-corrected chi connectivity index (χ0v) is 11.3. The number of carbonyl (C=O) groups excluding carboxylic acids is 1. The number of rotatable bonds is 6. The molecule has 100 valence electrons. The molecule has 0 unspecified atom stereocenters. The number of carbonyl (C=O) groups is 1. The van der Waals surface area contributed by atoms with Crippen LogP contribution in [0, 0.1) is 5.92 Å². The zero-order valence-electron chi connectivity index (χ0n) is 10.6. The molecule has 1 aromatic carbocycles. The van der Waals surface area contributed by atoms with E-state index in [1.807, 2.05) is 0 Å². The molecular weight excluding hydrogens is 254 g/mol. The van der Waals surface area contributed by atoms with E-state index in [9.17, 15) is 9.90 Å². The van der Waals surface area contributed by atoms with Crippen LogP contribution in [0.2, 0.25) is 5.02 Å². The quantitative estimate of drug-likeness (QED) is 0.782. The lowest BCUT2D eigenvalue weighted by atomic mass is 10.2. The molecular formula is C13H18ClNO3. The van der Waals surface area contributed by atoms with E-state index in [0.29, 0.717) is 30.7 Å². The summed E-state index contributed by atoms with van der Waals surface area (Å²) in [6.07, 6.45) is 0. The van der Waals surface area contributed by atoms with Crippen molar-refractivity contribution in [3.63, 3.8) is 0 Å². The molecule has 0 aliphatic rings. The molecule has 0 aliphatic carbocycles. The van der Waals surface area contributed by atoms with Crippen molar-refractivity contribution in [1.82, 2.24) is 5.32 Å². The Labute approximate surface area is 112 Å². The predicted molar refractivity (Wildman–Crippen MR) is 71.1 cm³/mol. The summed E-state index contributed by atoms with van der Waals surface area (Å²) in [5, 5.41) is 12.6. The summed E-state index contributed by atoms with van der Waals surface area (Å²) in [4.78, 5) is 11.7. The molecule has 0 heterocycles. The minimum atomic E-state index is -0.336. The molecule has 1 rings (SSSR count). The van der Waals surface area contributed by atoms with Gasteiger partial charge in [-0.15, -0.1) is 0 Å². The maximum atomic E-state index is 11.7. The monoisotopic (exact) mass is 271 g/mol. The fourth-order valence-corrected chi connectivity index (χ4v) is 1.51. The van der Waals surface area contributed by atoms with Crippen LogP contribution >= 0.6 is 11.6 Å². The molecule has 0 saturated heterocycles. The van der Waals surface area contributed by atoms with Crippen molar-refractivity contribution in [2.75, 3.05) is 19.8 Å². The van der Waals surface area contributed by atoms with Crippen LogP contribution < -0.4 is 5.32 Å². The standard InChI is InChI=1S/C13H18ClNO3/c1-9(2)8-18-6-5-15-13(17)11-4-3-10(14)7-12(11)16/h3-4,7,9,16H,5-6,8H2,1-2H3,(H,15,17). The van der Waals surface area contributed by atoms with Crippen molar-refractivity contribution in [2.24, 2.45) is 5.92 Å². The molecule has 4 nitrogen and oxygen atoms in total. The van der Waals surface area contributed by atoms with Crippen molar-refractivity contribution in [3.05, 3.63) is 28.8 Å². The van der Waals surface area contributed by atoms with Crippen LogP contribution in [0.5, 0.6) is 5.75 Å². The van der Waals surface area contributed by atoms with Gasteiger partial charge in [-0.1, -0.05) is 25.4 Å². The van der Waals surface area contributed by atoms with E-state index >= 15 is 0 Å². The summed E-state index contributed by atoms with van der Waals surface area (Å²) in [6.45, 7) is 5.66.